The maximum absolute atomic E-state index is 12.6. The standard InChI is InChI=1S/C10H6F3NO2/c1-5-2-3-6(4-14)7(9(15)16)8(5)10(11,12)13/h2-3H,1H3,(H,15,16). The Hall–Kier alpha value is -2.03. The molecule has 0 aromatic heterocycles. The summed E-state index contributed by atoms with van der Waals surface area (Å²) in [6, 6.07) is 3.58. The van der Waals surface area contributed by atoms with Gasteiger partial charge in [0.05, 0.1) is 16.7 Å². The van der Waals surface area contributed by atoms with Crippen LogP contribution in [0.5, 0.6) is 0 Å². The first-order valence-electron chi connectivity index (χ1n) is 4.13. The van der Waals surface area contributed by atoms with Gasteiger partial charge in [0, 0.05) is 0 Å². The van der Waals surface area contributed by atoms with Crippen molar-refractivity contribution in [3.05, 3.63) is 34.4 Å². The number of benzene rings is 1. The number of hydrogen-bond donors (Lipinski definition) is 1. The van der Waals surface area contributed by atoms with Crippen LogP contribution in [0.4, 0.5) is 13.2 Å². The predicted octanol–water partition coefficient (Wildman–Crippen LogP) is 2.58. The molecule has 1 aromatic carbocycles. The summed E-state index contributed by atoms with van der Waals surface area (Å²) in [5, 5.41) is 17.3. The van der Waals surface area contributed by atoms with Crippen molar-refractivity contribution in [1.29, 1.82) is 5.26 Å². The molecule has 16 heavy (non-hydrogen) atoms. The highest BCUT2D eigenvalue weighted by atomic mass is 19.4. The van der Waals surface area contributed by atoms with Gasteiger partial charge in [0.25, 0.3) is 0 Å². The van der Waals surface area contributed by atoms with Gasteiger partial charge in [-0.2, -0.15) is 18.4 Å². The summed E-state index contributed by atoms with van der Waals surface area (Å²) in [5.41, 5.74) is -2.97. The molecule has 0 spiro atoms. The number of nitriles is 1. The molecule has 0 amide bonds. The van der Waals surface area contributed by atoms with Crippen molar-refractivity contribution in [1.82, 2.24) is 0 Å². The topological polar surface area (TPSA) is 61.1 Å². The van der Waals surface area contributed by atoms with Crippen molar-refractivity contribution in [3.63, 3.8) is 0 Å². The molecule has 0 fully saturated rings. The third-order valence-corrected chi connectivity index (χ3v) is 2.03. The van der Waals surface area contributed by atoms with Gasteiger partial charge >= 0.3 is 12.1 Å². The minimum Gasteiger partial charge on any atom is -0.478 e. The lowest BCUT2D eigenvalue weighted by Crippen LogP contribution is -2.16. The average molecular weight is 229 g/mol. The van der Waals surface area contributed by atoms with Crippen molar-refractivity contribution < 1.29 is 23.1 Å². The van der Waals surface area contributed by atoms with Gasteiger partial charge in [0.15, 0.2) is 0 Å². The predicted molar refractivity (Wildman–Crippen MR) is 47.9 cm³/mol. The Morgan fingerprint density at radius 2 is 2.00 bits per heavy atom. The van der Waals surface area contributed by atoms with Crippen LogP contribution < -0.4 is 0 Å². The summed E-state index contributed by atoms with van der Waals surface area (Å²) in [4.78, 5) is 10.7. The molecule has 0 bridgehead atoms. The number of rotatable bonds is 1. The van der Waals surface area contributed by atoms with Crippen molar-refractivity contribution in [2.45, 2.75) is 13.1 Å². The van der Waals surface area contributed by atoms with Crippen LogP contribution in [0.15, 0.2) is 12.1 Å². The second-order valence-corrected chi connectivity index (χ2v) is 3.09. The highest BCUT2D eigenvalue weighted by Gasteiger charge is 2.38. The minimum atomic E-state index is -4.79. The zero-order chi connectivity index (χ0) is 12.5. The molecule has 84 valence electrons. The Balaban J connectivity index is 3.70. The number of aryl methyl sites for hydroxylation is 1. The van der Waals surface area contributed by atoms with E-state index < -0.39 is 28.8 Å². The lowest BCUT2D eigenvalue weighted by Gasteiger charge is -2.13. The fourth-order valence-corrected chi connectivity index (χ4v) is 1.39. The number of halogens is 3. The van der Waals surface area contributed by atoms with Gasteiger partial charge in [-0.25, -0.2) is 4.79 Å². The lowest BCUT2D eigenvalue weighted by atomic mass is 9.96. The fourth-order valence-electron chi connectivity index (χ4n) is 1.39. The van der Waals surface area contributed by atoms with E-state index in [4.69, 9.17) is 10.4 Å². The maximum atomic E-state index is 12.6. The van der Waals surface area contributed by atoms with Crippen LogP contribution in [-0.4, -0.2) is 11.1 Å². The number of carbonyl (C=O) groups is 1. The Bertz CT molecular complexity index is 486. The third kappa shape index (κ3) is 1.98. The molecule has 6 heteroatoms. The molecule has 0 aliphatic heterocycles. The molecule has 0 saturated heterocycles. The summed E-state index contributed by atoms with van der Waals surface area (Å²) in [6.07, 6.45) is -4.79. The minimum absolute atomic E-state index is 0.219. The first-order valence-corrected chi connectivity index (χ1v) is 4.13. The second-order valence-electron chi connectivity index (χ2n) is 3.09. The van der Waals surface area contributed by atoms with E-state index >= 15 is 0 Å². The van der Waals surface area contributed by atoms with E-state index in [1.807, 2.05) is 0 Å². The fraction of sp³-hybridized carbons (Fsp3) is 0.200. The molecule has 0 heterocycles. The first-order chi connectivity index (χ1) is 7.29. The van der Waals surface area contributed by atoms with E-state index in [1.54, 1.807) is 0 Å². The molecule has 3 nitrogen and oxygen atoms in total. The molecule has 0 saturated carbocycles. The molecule has 0 unspecified atom stereocenters. The van der Waals surface area contributed by atoms with Gasteiger partial charge in [0.1, 0.15) is 6.07 Å². The quantitative estimate of drug-likeness (QED) is 0.804. The number of alkyl halides is 3. The molecule has 0 atom stereocenters. The average Bonchev–Trinajstić information content (AvgIpc) is 2.15. The van der Waals surface area contributed by atoms with E-state index in [-0.39, 0.29) is 5.56 Å². The largest absolute Gasteiger partial charge is 0.478 e. The van der Waals surface area contributed by atoms with Gasteiger partial charge in [-0.15, -0.1) is 0 Å². The highest BCUT2D eigenvalue weighted by molar-refractivity contribution is 5.93. The normalized spacial score (nSPS) is 10.9. The van der Waals surface area contributed by atoms with Crippen LogP contribution >= 0.6 is 0 Å². The molecule has 1 aromatic rings. The third-order valence-electron chi connectivity index (χ3n) is 2.03. The van der Waals surface area contributed by atoms with Crippen molar-refractivity contribution in [2.24, 2.45) is 0 Å². The Kier molecular flexibility index (Phi) is 2.90. The zero-order valence-electron chi connectivity index (χ0n) is 8.09. The van der Waals surface area contributed by atoms with E-state index in [0.717, 1.165) is 19.1 Å². The summed E-state index contributed by atoms with van der Waals surface area (Å²) in [6.45, 7) is 1.15. The summed E-state index contributed by atoms with van der Waals surface area (Å²) in [5.74, 6) is -1.76. The van der Waals surface area contributed by atoms with Crippen LogP contribution in [0, 0.1) is 18.3 Å². The van der Waals surface area contributed by atoms with Crippen LogP contribution in [0.25, 0.3) is 0 Å². The lowest BCUT2D eigenvalue weighted by molar-refractivity contribution is -0.138. The molecular weight excluding hydrogens is 223 g/mol. The van der Waals surface area contributed by atoms with Crippen LogP contribution in [0.2, 0.25) is 0 Å². The molecule has 1 N–H and O–H groups in total. The Morgan fingerprint density at radius 3 is 2.38 bits per heavy atom. The number of aromatic carboxylic acids is 1. The molecular formula is C10H6F3NO2. The SMILES string of the molecule is Cc1ccc(C#N)c(C(=O)O)c1C(F)(F)F. The second kappa shape index (κ2) is 3.85. The van der Waals surface area contributed by atoms with E-state index in [1.165, 1.54) is 6.07 Å². The van der Waals surface area contributed by atoms with Gasteiger partial charge in [-0.05, 0) is 18.6 Å². The molecule has 0 aliphatic rings. The van der Waals surface area contributed by atoms with E-state index in [0.29, 0.717) is 0 Å². The van der Waals surface area contributed by atoms with Gasteiger partial charge in [-0.1, -0.05) is 6.07 Å². The maximum Gasteiger partial charge on any atom is 0.417 e. The van der Waals surface area contributed by atoms with Crippen LogP contribution in [0.1, 0.15) is 27.0 Å². The van der Waals surface area contributed by atoms with Crippen molar-refractivity contribution in [2.75, 3.05) is 0 Å². The monoisotopic (exact) mass is 229 g/mol. The molecule has 1 rings (SSSR count). The smallest absolute Gasteiger partial charge is 0.417 e. The summed E-state index contributed by atoms with van der Waals surface area (Å²) in [7, 11) is 0. The van der Waals surface area contributed by atoms with E-state index in [2.05, 4.69) is 0 Å². The van der Waals surface area contributed by atoms with Crippen molar-refractivity contribution >= 4 is 5.97 Å². The molecule has 0 aliphatic carbocycles. The first kappa shape index (κ1) is 12.0. The number of carboxylic acids is 1. The number of nitrogens with zero attached hydrogens (tertiary/aromatic N) is 1. The van der Waals surface area contributed by atoms with Gasteiger partial charge < -0.3 is 5.11 Å². The Morgan fingerprint density at radius 1 is 1.44 bits per heavy atom. The van der Waals surface area contributed by atoms with Crippen LogP contribution in [0.3, 0.4) is 0 Å². The zero-order valence-corrected chi connectivity index (χ0v) is 8.09. The van der Waals surface area contributed by atoms with Crippen molar-refractivity contribution in [3.8, 4) is 6.07 Å². The van der Waals surface area contributed by atoms with Gasteiger partial charge in [-0.3, -0.25) is 0 Å². The molecule has 0 radical (unpaired) electrons. The van der Waals surface area contributed by atoms with E-state index in [9.17, 15) is 18.0 Å². The van der Waals surface area contributed by atoms with Crippen LogP contribution in [-0.2, 0) is 6.18 Å². The number of carboxylic acid groups (broad SMARTS) is 1. The summed E-state index contributed by atoms with van der Waals surface area (Å²) < 4.78 is 37.8. The Labute approximate surface area is 88.7 Å². The number of hydrogen-bond acceptors (Lipinski definition) is 2. The summed E-state index contributed by atoms with van der Waals surface area (Å²) >= 11 is 0. The highest BCUT2D eigenvalue weighted by Crippen LogP contribution is 2.35. The van der Waals surface area contributed by atoms with Gasteiger partial charge in [0.2, 0.25) is 0 Å².